The van der Waals surface area contributed by atoms with Gasteiger partial charge in [0.05, 0.1) is 28.6 Å². The number of aliphatic hydroxyl groups is 1. The summed E-state index contributed by atoms with van der Waals surface area (Å²) in [6, 6.07) is 19.4. The number of carbonyl (C=O) groups excluding carboxylic acids is 1. The maximum absolute atomic E-state index is 12.8. The van der Waals surface area contributed by atoms with Gasteiger partial charge >= 0.3 is 5.97 Å². The number of ether oxygens (including phenoxy) is 1. The topological polar surface area (TPSA) is 92.7 Å². The number of aliphatic hydroxyl groups excluding tert-OH is 1. The van der Waals surface area contributed by atoms with Crippen molar-refractivity contribution in [1.82, 2.24) is 5.32 Å². The zero-order valence-electron chi connectivity index (χ0n) is 17.9. The van der Waals surface area contributed by atoms with E-state index in [1.165, 1.54) is 31.4 Å². The molecule has 3 aromatic rings. The summed E-state index contributed by atoms with van der Waals surface area (Å²) in [7, 11) is -2.42. The zero-order chi connectivity index (χ0) is 23.1. The van der Waals surface area contributed by atoms with Gasteiger partial charge in [-0.05, 0) is 72.6 Å². The summed E-state index contributed by atoms with van der Waals surface area (Å²) in [5, 5.41) is 14.0. The summed E-state index contributed by atoms with van der Waals surface area (Å²) in [4.78, 5) is 11.8. The number of nitrogens with one attached hydrogen (secondary N) is 1. The molecule has 0 aliphatic carbocycles. The van der Waals surface area contributed by atoms with Crippen molar-refractivity contribution in [2.24, 2.45) is 0 Å². The van der Waals surface area contributed by atoms with Crippen LogP contribution in [0.5, 0.6) is 0 Å². The van der Waals surface area contributed by atoms with Gasteiger partial charge in [-0.3, -0.25) is 0 Å². The summed E-state index contributed by atoms with van der Waals surface area (Å²) in [6.45, 7) is 1.01. The smallest absolute Gasteiger partial charge is 0.337 e. The number of rotatable bonds is 9. The van der Waals surface area contributed by atoms with Crippen LogP contribution in [-0.4, -0.2) is 39.7 Å². The molecule has 0 radical (unpaired) electrons. The molecule has 2 N–H and O–H groups in total. The summed E-state index contributed by atoms with van der Waals surface area (Å²) >= 11 is 5.95. The van der Waals surface area contributed by atoms with E-state index in [4.69, 9.17) is 11.6 Å². The van der Waals surface area contributed by atoms with Crippen LogP contribution in [0.25, 0.3) is 0 Å². The van der Waals surface area contributed by atoms with Gasteiger partial charge in [0.2, 0.25) is 9.84 Å². The maximum Gasteiger partial charge on any atom is 0.337 e. The van der Waals surface area contributed by atoms with Gasteiger partial charge in [0, 0.05) is 11.6 Å². The van der Waals surface area contributed by atoms with E-state index in [1.807, 2.05) is 6.07 Å². The summed E-state index contributed by atoms with van der Waals surface area (Å²) in [5.41, 5.74) is 2.00. The van der Waals surface area contributed by atoms with Crippen molar-refractivity contribution in [2.75, 3.05) is 20.2 Å². The Labute approximate surface area is 204 Å². The number of esters is 1. The molecular weight excluding hydrogens is 485 g/mol. The molecule has 0 amide bonds. The second kappa shape index (κ2) is 12.2. The molecule has 0 saturated heterocycles. The molecule has 3 aromatic carbocycles. The Bertz CT molecular complexity index is 1170. The Kier molecular flexibility index (Phi) is 9.88. The van der Waals surface area contributed by atoms with Gasteiger partial charge in [-0.25, -0.2) is 13.2 Å². The first-order valence-corrected chi connectivity index (χ1v) is 11.8. The van der Waals surface area contributed by atoms with Crippen molar-refractivity contribution in [2.45, 2.75) is 22.3 Å². The third-order valence-electron chi connectivity index (χ3n) is 4.98. The molecule has 1 atom stereocenters. The van der Waals surface area contributed by atoms with Gasteiger partial charge < -0.3 is 15.2 Å². The minimum absolute atomic E-state index is 0. The molecule has 0 fully saturated rings. The molecule has 33 heavy (non-hydrogen) atoms. The fourth-order valence-electron chi connectivity index (χ4n) is 3.16. The Morgan fingerprint density at radius 3 is 2.21 bits per heavy atom. The van der Waals surface area contributed by atoms with Gasteiger partial charge in [0.15, 0.2) is 0 Å². The normalized spacial score (nSPS) is 12.0. The third kappa shape index (κ3) is 7.03. The first kappa shape index (κ1) is 26.8. The molecule has 0 spiro atoms. The van der Waals surface area contributed by atoms with E-state index in [0.717, 1.165) is 11.1 Å². The van der Waals surface area contributed by atoms with Crippen molar-refractivity contribution in [1.29, 1.82) is 0 Å². The van der Waals surface area contributed by atoms with Crippen molar-refractivity contribution in [3.05, 3.63) is 94.5 Å². The SMILES string of the molecule is COC(=O)c1ccc(S(=O)(=O)c2ccc(CCNC[C@@H](O)c3cccc(Cl)c3)cc2)cc1.Cl. The number of benzene rings is 3. The number of halogens is 2. The van der Waals surface area contributed by atoms with Crippen molar-refractivity contribution in [3.8, 4) is 0 Å². The van der Waals surface area contributed by atoms with Gasteiger partial charge in [-0.15, -0.1) is 12.4 Å². The van der Waals surface area contributed by atoms with Gasteiger partial charge in [0.25, 0.3) is 0 Å². The predicted octanol–water partition coefficient (Wildman–Crippen LogP) is 4.25. The monoisotopic (exact) mass is 509 g/mol. The Balaban J connectivity index is 0.00000385. The second-order valence-corrected chi connectivity index (χ2v) is 9.57. The van der Waals surface area contributed by atoms with Gasteiger partial charge in [-0.1, -0.05) is 35.9 Å². The average Bonchev–Trinajstić information content (AvgIpc) is 2.81. The van der Waals surface area contributed by atoms with E-state index in [-0.39, 0.29) is 27.8 Å². The highest BCUT2D eigenvalue weighted by molar-refractivity contribution is 7.91. The van der Waals surface area contributed by atoms with Crippen LogP contribution in [0.2, 0.25) is 5.02 Å². The van der Waals surface area contributed by atoms with Crippen LogP contribution in [0.1, 0.15) is 27.6 Å². The van der Waals surface area contributed by atoms with Gasteiger partial charge in [0.1, 0.15) is 0 Å². The van der Waals surface area contributed by atoms with E-state index in [2.05, 4.69) is 10.1 Å². The molecule has 0 saturated carbocycles. The molecule has 176 valence electrons. The minimum Gasteiger partial charge on any atom is -0.465 e. The van der Waals surface area contributed by atoms with E-state index in [1.54, 1.807) is 42.5 Å². The Hall–Kier alpha value is -2.42. The van der Waals surface area contributed by atoms with Crippen LogP contribution in [0.4, 0.5) is 0 Å². The highest BCUT2D eigenvalue weighted by Gasteiger charge is 2.18. The molecule has 9 heteroatoms. The van der Waals surface area contributed by atoms with Crippen LogP contribution in [-0.2, 0) is 21.0 Å². The first-order chi connectivity index (χ1) is 15.3. The standard InChI is InChI=1S/C24H24ClNO5S.ClH/c1-31-24(28)18-7-11-22(12-8-18)32(29,30)21-9-5-17(6-10-21)13-14-26-16-23(27)19-3-2-4-20(25)15-19;/h2-12,15,23,26-27H,13-14,16H2,1H3;1H/t23-;/m1./s1. The quantitative estimate of drug-likeness (QED) is 0.331. The molecule has 6 nitrogen and oxygen atoms in total. The highest BCUT2D eigenvalue weighted by atomic mass is 35.5. The molecular formula is C24H25Cl2NO5S. The number of carbonyl (C=O) groups is 1. The van der Waals surface area contributed by atoms with Crippen molar-refractivity contribution in [3.63, 3.8) is 0 Å². The maximum atomic E-state index is 12.8. The Morgan fingerprint density at radius 1 is 1.03 bits per heavy atom. The fraction of sp³-hybridized carbons (Fsp3) is 0.208. The highest BCUT2D eigenvalue weighted by Crippen LogP contribution is 2.22. The third-order valence-corrected chi connectivity index (χ3v) is 7.00. The molecule has 0 aliphatic rings. The first-order valence-electron chi connectivity index (χ1n) is 9.98. The fourth-order valence-corrected chi connectivity index (χ4v) is 4.62. The van der Waals surface area contributed by atoms with Crippen LogP contribution in [0.15, 0.2) is 82.6 Å². The lowest BCUT2D eigenvalue weighted by atomic mass is 10.1. The lowest BCUT2D eigenvalue weighted by Crippen LogP contribution is -2.23. The predicted molar refractivity (Wildman–Crippen MR) is 130 cm³/mol. The van der Waals surface area contributed by atoms with E-state index < -0.39 is 21.9 Å². The zero-order valence-corrected chi connectivity index (χ0v) is 20.3. The van der Waals surface area contributed by atoms with Crippen LogP contribution < -0.4 is 5.32 Å². The van der Waals surface area contributed by atoms with Crippen molar-refractivity contribution >= 4 is 39.8 Å². The minimum atomic E-state index is -3.69. The van der Waals surface area contributed by atoms with Crippen LogP contribution >= 0.6 is 24.0 Å². The number of methoxy groups -OCH3 is 1. The molecule has 0 heterocycles. The summed E-state index contributed by atoms with van der Waals surface area (Å²) in [5.74, 6) is -0.521. The molecule has 0 aliphatic heterocycles. The van der Waals surface area contributed by atoms with Crippen LogP contribution in [0.3, 0.4) is 0 Å². The molecule has 0 unspecified atom stereocenters. The number of hydrogen-bond acceptors (Lipinski definition) is 6. The largest absolute Gasteiger partial charge is 0.465 e. The lowest BCUT2D eigenvalue weighted by Gasteiger charge is -2.12. The molecule has 0 bridgehead atoms. The summed E-state index contributed by atoms with van der Waals surface area (Å²) in [6.07, 6.45) is 0.0166. The van der Waals surface area contributed by atoms with E-state index >= 15 is 0 Å². The summed E-state index contributed by atoms with van der Waals surface area (Å²) < 4.78 is 30.3. The second-order valence-electron chi connectivity index (χ2n) is 7.19. The van der Waals surface area contributed by atoms with E-state index in [0.29, 0.717) is 24.5 Å². The molecule has 3 rings (SSSR count). The number of hydrogen-bond donors (Lipinski definition) is 2. The van der Waals surface area contributed by atoms with Crippen LogP contribution in [0, 0.1) is 0 Å². The van der Waals surface area contributed by atoms with Gasteiger partial charge in [-0.2, -0.15) is 0 Å². The average molecular weight is 510 g/mol. The molecule has 0 aromatic heterocycles. The van der Waals surface area contributed by atoms with E-state index in [9.17, 15) is 18.3 Å². The number of sulfone groups is 1. The lowest BCUT2D eigenvalue weighted by molar-refractivity contribution is 0.0600. The van der Waals surface area contributed by atoms with Crippen molar-refractivity contribution < 1.29 is 23.1 Å². The Morgan fingerprint density at radius 2 is 1.64 bits per heavy atom.